The fourth-order valence-electron chi connectivity index (χ4n) is 1.85. The number of fused-ring (bicyclic) bond motifs is 1. The fraction of sp³-hybridized carbons (Fsp3) is 0. The summed E-state index contributed by atoms with van der Waals surface area (Å²) in [6.45, 7) is 0. The van der Waals surface area contributed by atoms with Crippen LogP contribution in [0.25, 0.3) is 22.3 Å². The van der Waals surface area contributed by atoms with E-state index < -0.39 is 0 Å². The van der Waals surface area contributed by atoms with Crippen LogP contribution in [0.1, 0.15) is 0 Å². The van der Waals surface area contributed by atoms with Crippen LogP contribution < -0.4 is 0 Å². The minimum absolute atomic E-state index is 0.0656. The Kier molecular flexibility index (Phi) is 3.01. The first-order valence-electron chi connectivity index (χ1n) is 5.56. The van der Waals surface area contributed by atoms with Gasteiger partial charge in [-0.15, -0.1) is 0 Å². The second-order valence-corrected chi connectivity index (χ2v) is 4.81. The van der Waals surface area contributed by atoms with Crippen LogP contribution >= 0.6 is 23.2 Å². The molecule has 0 fully saturated rings. The Balaban J connectivity index is 2.30. The quantitative estimate of drug-likeness (QED) is 0.726. The van der Waals surface area contributed by atoms with Gasteiger partial charge in [0.25, 0.3) is 0 Å². The molecule has 0 bridgehead atoms. The molecular formula is C14H8Cl2N2O. The summed E-state index contributed by atoms with van der Waals surface area (Å²) in [5, 5.41) is 10.6. The maximum atomic E-state index is 9.90. The molecule has 94 valence electrons. The molecule has 0 atom stereocenters. The maximum absolute atomic E-state index is 9.90. The van der Waals surface area contributed by atoms with Crippen molar-refractivity contribution < 1.29 is 5.11 Å². The molecule has 1 aromatic heterocycles. The van der Waals surface area contributed by atoms with E-state index in [4.69, 9.17) is 23.2 Å². The number of hydrogen-bond acceptors (Lipinski definition) is 3. The first kappa shape index (κ1) is 12.2. The maximum Gasteiger partial charge on any atom is 0.156 e. The fourth-order valence-corrected chi connectivity index (χ4v) is 2.26. The molecule has 1 heterocycles. The molecule has 0 saturated heterocycles. The van der Waals surface area contributed by atoms with Crippen molar-refractivity contribution in [1.29, 1.82) is 0 Å². The molecule has 0 aliphatic rings. The van der Waals surface area contributed by atoms with E-state index in [1.54, 1.807) is 12.1 Å². The predicted octanol–water partition coefficient (Wildman–Crippen LogP) is 4.31. The zero-order valence-electron chi connectivity index (χ0n) is 9.64. The van der Waals surface area contributed by atoms with E-state index in [2.05, 4.69) is 9.97 Å². The zero-order chi connectivity index (χ0) is 13.4. The second-order valence-electron chi connectivity index (χ2n) is 4.01. The summed E-state index contributed by atoms with van der Waals surface area (Å²) in [6.07, 6.45) is 0. The van der Waals surface area contributed by atoms with E-state index >= 15 is 0 Å². The van der Waals surface area contributed by atoms with E-state index in [9.17, 15) is 5.11 Å². The molecule has 0 unspecified atom stereocenters. The van der Waals surface area contributed by atoms with Gasteiger partial charge in [-0.1, -0.05) is 35.3 Å². The minimum Gasteiger partial charge on any atom is -0.507 e. The van der Waals surface area contributed by atoms with E-state index in [1.807, 2.05) is 24.3 Å². The highest BCUT2D eigenvalue weighted by molar-refractivity contribution is 6.33. The molecule has 0 aliphatic carbocycles. The number of para-hydroxylation sites is 2. The number of hydrogen-bond donors (Lipinski definition) is 1. The number of phenols is 1. The highest BCUT2D eigenvalue weighted by Gasteiger charge is 2.13. The molecule has 0 amide bonds. The molecule has 0 saturated carbocycles. The number of benzene rings is 2. The van der Waals surface area contributed by atoms with Crippen LogP contribution in [-0.2, 0) is 0 Å². The van der Waals surface area contributed by atoms with Crippen LogP contribution in [0.3, 0.4) is 0 Å². The van der Waals surface area contributed by atoms with Crippen LogP contribution in [0.5, 0.6) is 5.75 Å². The summed E-state index contributed by atoms with van der Waals surface area (Å²) >= 11 is 12.1. The number of nitrogens with zero attached hydrogens (tertiary/aromatic N) is 2. The van der Waals surface area contributed by atoms with E-state index in [0.717, 1.165) is 0 Å². The Morgan fingerprint density at radius 1 is 0.895 bits per heavy atom. The Morgan fingerprint density at radius 2 is 1.58 bits per heavy atom. The van der Waals surface area contributed by atoms with Gasteiger partial charge < -0.3 is 5.11 Å². The van der Waals surface area contributed by atoms with Gasteiger partial charge >= 0.3 is 0 Å². The van der Waals surface area contributed by atoms with Crippen LogP contribution in [-0.4, -0.2) is 15.1 Å². The largest absolute Gasteiger partial charge is 0.507 e. The van der Waals surface area contributed by atoms with Gasteiger partial charge in [0, 0.05) is 10.6 Å². The summed E-state index contributed by atoms with van der Waals surface area (Å²) in [5.74, 6) is 0.0656. The van der Waals surface area contributed by atoms with Gasteiger partial charge in [0.1, 0.15) is 11.4 Å². The lowest BCUT2D eigenvalue weighted by atomic mass is 10.1. The summed E-state index contributed by atoms with van der Waals surface area (Å²) in [4.78, 5) is 8.71. The molecule has 5 heteroatoms. The van der Waals surface area contributed by atoms with Gasteiger partial charge in [0.15, 0.2) is 5.15 Å². The van der Waals surface area contributed by atoms with Crippen molar-refractivity contribution >= 4 is 34.2 Å². The van der Waals surface area contributed by atoms with Gasteiger partial charge in [-0.2, -0.15) is 0 Å². The number of phenolic OH excluding ortho intramolecular Hbond substituents is 1. The van der Waals surface area contributed by atoms with Crippen LogP contribution in [0.4, 0.5) is 0 Å². The van der Waals surface area contributed by atoms with Crippen molar-refractivity contribution in [3.63, 3.8) is 0 Å². The Morgan fingerprint density at radius 3 is 2.32 bits per heavy atom. The van der Waals surface area contributed by atoms with Gasteiger partial charge in [0.2, 0.25) is 0 Å². The SMILES string of the molecule is Oc1ccc(Cl)cc1-c1nc2ccccc2nc1Cl. The number of aromatic nitrogens is 2. The van der Waals surface area contributed by atoms with Gasteiger partial charge in [-0.3, -0.25) is 0 Å². The molecule has 3 nitrogen and oxygen atoms in total. The molecule has 1 N–H and O–H groups in total. The lowest BCUT2D eigenvalue weighted by Crippen LogP contribution is -1.91. The normalized spacial score (nSPS) is 10.8. The number of rotatable bonds is 1. The molecule has 3 rings (SSSR count). The van der Waals surface area contributed by atoms with Crippen LogP contribution in [0.2, 0.25) is 10.2 Å². The summed E-state index contributed by atoms with van der Waals surface area (Å²) in [5.41, 5.74) is 2.30. The zero-order valence-corrected chi connectivity index (χ0v) is 11.2. The lowest BCUT2D eigenvalue weighted by molar-refractivity contribution is 0.477. The topological polar surface area (TPSA) is 46.0 Å². The Bertz CT molecular complexity index is 774. The van der Waals surface area contributed by atoms with Gasteiger partial charge in [0.05, 0.1) is 11.0 Å². The van der Waals surface area contributed by atoms with Crippen molar-refractivity contribution in [3.8, 4) is 17.0 Å². The van der Waals surface area contributed by atoms with Crippen LogP contribution in [0.15, 0.2) is 42.5 Å². The molecule has 0 aliphatic heterocycles. The molecule has 0 spiro atoms. The Labute approximate surface area is 119 Å². The standard InChI is InChI=1S/C14H8Cl2N2O/c15-8-5-6-12(19)9(7-8)13-14(16)18-11-4-2-1-3-10(11)17-13/h1-7,19H. The first-order valence-corrected chi connectivity index (χ1v) is 6.32. The smallest absolute Gasteiger partial charge is 0.156 e. The van der Waals surface area contributed by atoms with Gasteiger partial charge in [-0.25, -0.2) is 9.97 Å². The van der Waals surface area contributed by atoms with Crippen molar-refractivity contribution in [1.82, 2.24) is 9.97 Å². The molecule has 0 radical (unpaired) electrons. The number of aromatic hydroxyl groups is 1. The highest BCUT2D eigenvalue weighted by atomic mass is 35.5. The third-order valence-electron chi connectivity index (χ3n) is 2.74. The van der Waals surface area contributed by atoms with Crippen molar-refractivity contribution in [2.24, 2.45) is 0 Å². The van der Waals surface area contributed by atoms with E-state index in [-0.39, 0.29) is 10.9 Å². The second kappa shape index (κ2) is 4.68. The van der Waals surface area contributed by atoms with E-state index in [0.29, 0.717) is 27.3 Å². The third kappa shape index (κ3) is 2.23. The number of halogens is 2. The molecule has 19 heavy (non-hydrogen) atoms. The summed E-state index contributed by atoms with van der Waals surface area (Å²) in [7, 11) is 0. The van der Waals surface area contributed by atoms with Crippen LogP contribution in [0, 0.1) is 0 Å². The summed E-state index contributed by atoms with van der Waals surface area (Å²) < 4.78 is 0. The predicted molar refractivity (Wildman–Crippen MR) is 76.7 cm³/mol. The van der Waals surface area contributed by atoms with Gasteiger partial charge in [-0.05, 0) is 30.3 Å². The summed E-state index contributed by atoms with van der Waals surface area (Å²) in [6, 6.07) is 12.1. The molecule has 2 aromatic carbocycles. The minimum atomic E-state index is 0.0656. The highest BCUT2D eigenvalue weighted by Crippen LogP contribution is 2.34. The molecular weight excluding hydrogens is 283 g/mol. The van der Waals surface area contributed by atoms with Crippen molar-refractivity contribution in [2.45, 2.75) is 0 Å². The Hall–Kier alpha value is -1.84. The van der Waals surface area contributed by atoms with Crippen molar-refractivity contribution in [3.05, 3.63) is 52.6 Å². The first-order chi connectivity index (χ1) is 9.15. The van der Waals surface area contributed by atoms with E-state index in [1.165, 1.54) is 6.07 Å². The average Bonchev–Trinajstić information content (AvgIpc) is 2.41. The third-order valence-corrected chi connectivity index (χ3v) is 3.24. The average molecular weight is 291 g/mol. The monoisotopic (exact) mass is 290 g/mol. The lowest BCUT2D eigenvalue weighted by Gasteiger charge is -2.07. The van der Waals surface area contributed by atoms with Crippen molar-refractivity contribution in [2.75, 3.05) is 0 Å². The molecule has 3 aromatic rings.